The summed E-state index contributed by atoms with van der Waals surface area (Å²) in [5.41, 5.74) is 3.21. The van der Waals surface area contributed by atoms with E-state index in [1.54, 1.807) is 25.3 Å². The highest BCUT2D eigenvalue weighted by atomic mass is 32.2. The van der Waals surface area contributed by atoms with Crippen molar-refractivity contribution >= 4 is 10.0 Å². The number of sulfonamides is 1. The van der Waals surface area contributed by atoms with Crippen molar-refractivity contribution in [3.05, 3.63) is 58.6 Å². The fourth-order valence-corrected chi connectivity index (χ4v) is 4.10. The number of hydrogen-bond donors (Lipinski definition) is 4. The monoisotopic (exact) mass is 397 g/mol. The highest BCUT2D eigenvalue weighted by molar-refractivity contribution is 7.89. The molecule has 5 N–H and O–H groups in total. The molecule has 0 spiro atoms. The Bertz CT molecular complexity index is 1300. The van der Waals surface area contributed by atoms with Gasteiger partial charge in [-0.15, -0.1) is 10.2 Å². The topological polar surface area (TPSA) is 163 Å². The summed E-state index contributed by atoms with van der Waals surface area (Å²) >= 11 is 0. The molecule has 2 aromatic carbocycles. The van der Waals surface area contributed by atoms with Gasteiger partial charge in [-0.25, -0.2) is 18.4 Å². The van der Waals surface area contributed by atoms with Gasteiger partial charge in [0.15, 0.2) is 0 Å². The molecule has 0 amide bonds. The van der Waals surface area contributed by atoms with Gasteiger partial charge in [0.05, 0.1) is 16.2 Å². The van der Waals surface area contributed by atoms with E-state index in [-0.39, 0.29) is 22.0 Å². The number of hydrogen-bond acceptors (Lipinski definition) is 6. The molecular weight excluding hydrogens is 382 g/mol. The van der Waals surface area contributed by atoms with E-state index in [2.05, 4.69) is 30.6 Å². The number of aryl methyl sites for hydroxylation is 1. The largest absolute Gasteiger partial charge is 0.323 e. The maximum absolute atomic E-state index is 12.2. The Balaban J connectivity index is 1.92. The maximum atomic E-state index is 12.2. The Labute approximate surface area is 158 Å². The predicted octanol–water partition coefficient (Wildman–Crippen LogP) is 1.17. The van der Waals surface area contributed by atoms with E-state index in [4.69, 9.17) is 5.14 Å². The van der Waals surface area contributed by atoms with Crippen molar-refractivity contribution in [2.75, 3.05) is 0 Å². The number of benzene rings is 2. The zero-order valence-electron chi connectivity index (χ0n) is 14.6. The number of primary sulfonamides is 1. The van der Waals surface area contributed by atoms with Crippen molar-refractivity contribution in [1.82, 2.24) is 30.6 Å². The van der Waals surface area contributed by atoms with Crippen molar-refractivity contribution in [3.8, 4) is 33.8 Å². The van der Waals surface area contributed by atoms with Crippen LogP contribution in [0.4, 0.5) is 0 Å². The summed E-state index contributed by atoms with van der Waals surface area (Å²) in [5.74, 6) is 0.127. The first-order valence-corrected chi connectivity index (χ1v) is 9.68. The van der Waals surface area contributed by atoms with Gasteiger partial charge < -0.3 is 9.97 Å². The maximum Gasteiger partial charge on any atom is 0.323 e. The van der Waals surface area contributed by atoms with Crippen LogP contribution in [0.25, 0.3) is 33.8 Å². The lowest BCUT2D eigenvalue weighted by atomic mass is 9.96. The Hall–Kier alpha value is -3.57. The van der Waals surface area contributed by atoms with Gasteiger partial charge in [-0.05, 0) is 34.4 Å². The van der Waals surface area contributed by atoms with Crippen molar-refractivity contribution < 1.29 is 8.42 Å². The molecule has 11 heteroatoms. The number of aromatic amines is 3. The summed E-state index contributed by atoms with van der Waals surface area (Å²) in [6.07, 6.45) is 1.58. The van der Waals surface area contributed by atoms with E-state index in [0.29, 0.717) is 16.8 Å². The number of nitrogens with one attached hydrogen (secondary N) is 3. The fraction of sp³-hybridized carbons (Fsp3) is 0.0588. The molecule has 0 aliphatic carbocycles. The van der Waals surface area contributed by atoms with E-state index in [9.17, 15) is 13.2 Å². The third-order valence-corrected chi connectivity index (χ3v) is 5.41. The molecule has 0 bridgehead atoms. The molecule has 0 saturated heterocycles. The lowest BCUT2D eigenvalue weighted by molar-refractivity contribution is 0.597. The van der Waals surface area contributed by atoms with Crippen LogP contribution < -0.4 is 10.8 Å². The minimum atomic E-state index is -4.03. The van der Waals surface area contributed by atoms with Crippen LogP contribution >= 0.6 is 0 Å². The van der Waals surface area contributed by atoms with Gasteiger partial charge in [0.25, 0.3) is 0 Å². The Morgan fingerprint density at radius 1 is 1.04 bits per heavy atom. The van der Waals surface area contributed by atoms with E-state index in [1.165, 1.54) is 0 Å². The number of nitrogens with zero attached hydrogens (tertiary/aromatic N) is 3. The van der Waals surface area contributed by atoms with E-state index in [1.807, 2.05) is 24.3 Å². The first-order valence-electron chi connectivity index (χ1n) is 8.13. The second-order valence-electron chi connectivity index (χ2n) is 6.15. The zero-order chi connectivity index (χ0) is 19.9. The van der Waals surface area contributed by atoms with Gasteiger partial charge in [-0.1, -0.05) is 36.4 Å². The highest BCUT2D eigenvalue weighted by Crippen LogP contribution is 2.37. The second kappa shape index (κ2) is 6.55. The van der Waals surface area contributed by atoms with E-state index < -0.39 is 10.0 Å². The van der Waals surface area contributed by atoms with Gasteiger partial charge in [0.1, 0.15) is 0 Å². The molecule has 10 nitrogen and oxygen atoms in total. The lowest BCUT2D eigenvalue weighted by Gasteiger charge is -2.14. The molecule has 0 radical (unpaired) electrons. The Kier molecular flexibility index (Phi) is 4.17. The summed E-state index contributed by atoms with van der Waals surface area (Å²) in [6.45, 7) is 1.65. The molecule has 0 saturated carbocycles. The van der Waals surface area contributed by atoms with Gasteiger partial charge in [-0.3, -0.25) is 0 Å². The van der Waals surface area contributed by atoms with Gasteiger partial charge in [0.2, 0.25) is 15.8 Å². The number of tetrazole rings is 1. The van der Waals surface area contributed by atoms with E-state index >= 15 is 0 Å². The smallest absolute Gasteiger partial charge is 0.312 e. The van der Waals surface area contributed by atoms with Crippen molar-refractivity contribution in [3.63, 3.8) is 0 Å². The predicted molar refractivity (Wildman–Crippen MR) is 102 cm³/mol. The van der Waals surface area contributed by atoms with Crippen LogP contribution in [0.1, 0.15) is 5.56 Å². The summed E-state index contributed by atoms with van der Waals surface area (Å²) in [5, 5.41) is 19.2. The molecule has 0 fully saturated rings. The standard InChI is InChI=1S/C17H15N7O3S/c1-9-2-7-12(14(15(9)28(18,26)27)16-21-23-24-22-16)10-3-5-11(6-4-10)13-8-19-17(25)20-13/h2-8H,1H3,(H2,18,26,27)(H2,19,20,25)(H,21,22,23,24). The lowest BCUT2D eigenvalue weighted by Crippen LogP contribution is -2.16. The normalized spacial score (nSPS) is 11.6. The van der Waals surface area contributed by atoms with Crippen LogP contribution in [0, 0.1) is 6.92 Å². The summed E-state index contributed by atoms with van der Waals surface area (Å²) in [4.78, 5) is 16.5. The molecule has 0 aliphatic rings. The Morgan fingerprint density at radius 2 is 1.75 bits per heavy atom. The summed E-state index contributed by atoms with van der Waals surface area (Å²) < 4.78 is 24.5. The average Bonchev–Trinajstić information content (AvgIpc) is 3.32. The number of imidazole rings is 1. The second-order valence-corrected chi connectivity index (χ2v) is 7.65. The van der Waals surface area contributed by atoms with Gasteiger partial charge in [-0.2, -0.15) is 5.21 Å². The number of aromatic nitrogens is 6. The average molecular weight is 397 g/mol. The van der Waals surface area contributed by atoms with Crippen LogP contribution in [0.5, 0.6) is 0 Å². The quantitative estimate of drug-likeness (QED) is 0.404. The van der Waals surface area contributed by atoms with E-state index in [0.717, 1.165) is 11.1 Å². The van der Waals surface area contributed by atoms with Crippen molar-refractivity contribution in [1.29, 1.82) is 0 Å². The number of rotatable bonds is 4. The molecule has 4 aromatic rings. The van der Waals surface area contributed by atoms with Gasteiger partial charge >= 0.3 is 5.69 Å². The third-order valence-electron chi connectivity index (χ3n) is 4.31. The highest BCUT2D eigenvalue weighted by Gasteiger charge is 2.24. The first-order chi connectivity index (χ1) is 13.3. The van der Waals surface area contributed by atoms with Crippen molar-refractivity contribution in [2.45, 2.75) is 11.8 Å². The number of nitrogens with two attached hydrogens (primary N) is 1. The molecule has 28 heavy (non-hydrogen) atoms. The summed E-state index contributed by atoms with van der Waals surface area (Å²) in [7, 11) is -4.03. The molecule has 0 atom stereocenters. The summed E-state index contributed by atoms with van der Waals surface area (Å²) in [6, 6.07) is 10.7. The minimum absolute atomic E-state index is 0.0505. The van der Waals surface area contributed by atoms with Crippen LogP contribution in [-0.4, -0.2) is 39.0 Å². The molecule has 142 valence electrons. The number of H-pyrrole nitrogens is 3. The van der Waals surface area contributed by atoms with Crippen LogP contribution in [0.2, 0.25) is 0 Å². The van der Waals surface area contributed by atoms with Crippen LogP contribution in [-0.2, 0) is 10.0 Å². The molecule has 0 unspecified atom stereocenters. The molecule has 4 rings (SSSR count). The van der Waals surface area contributed by atoms with Gasteiger partial charge in [0, 0.05) is 6.20 Å². The molecule has 2 heterocycles. The van der Waals surface area contributed by atoms with Crippen LogP contribution in [0.3, 0.4) is 0 Å². The first kappa shape index (κ1) is 17.8. The minimum Gasteiger partial charge on any atom is -0.312 e. The molecule has 0 aliphatic heterocycles. The molecular formula is C17H15N7O3S. The fourth-order valence-electron chi connectivity index (χ4n) is 3.10. The molecule has 2 aromatic heterocycles. The van der Waals surface area contributed by atoms with Crippen LogP contribution in [0.15, 0.2) is 52.3 Å². The zero-order valence-corrected chi connectivity index (χ0v) is 15.4. The van der Waals surface area contributed by atoms with Crippen molar-refractivity contribution in [2.24, 2.45) is 5.14 Å². The SMILES string of the molecule is Cc1ccc(-c2ccc(-c3c[nH]c(=O)[nH]3)cc2)c(-c2nn[nH]n2)c1S(N)(=O)=O. The Morgan fingerprint density at radius 3 is 2.32 bits per heavy atom. The third kappa shape index (κ3) is 3.12.